The Balaban J connectivity index is 1.47. The molecule has 1 heterocycles. The maximum atomic E-state index is 12.6. The predicted octanol–water partition coefficient (Wildman–Crippen LogP) is 4.26. The molecule has 0 radical (unpaired) electrons. The van der Waals surface area contributed by atoms with Gasteiger partial charge in [-0.25, -0.2) is 4.79 Å². The van der Waals surface area contributed by atoms with Crippen LogP contribution < -0.4 is 26.8 Å². The van der Waals surface area contributed by atoms with E-state index < -0.39 is 11.9 Å². The number of carbonyl (C=O) groups excluding carboxylic acids is 3. The molecule has 0 aliphatic heterocycles. The number of esters is 1. The number of carbonyl (C=O) groups is 3. The van der Waals surface area contributed by atoms with E-state index in [1.807, 2.05) is 24.3 Å². The minimum absolute atomic E-state index is 0.0721. The molecule has 196 valence electrons. The number of urea groups is 1. The van der Waals surface area contributed by atoms with E-state index in [1.165, 1.54) is 11.3 Å². The van der Waals surface area contributed by atoms with Crippen LogP contribution in [0.1, 0.15) is 62.7 Å². The lowest BCUT2D eigenvalue weighted by molar-refractivity contribution is -0.151. The van der Waals surface area contributed by atoms with E-state index in [1.54, 1.807) is 6.07 Å². The molecule has 1 aromatic carbocycles. The van der Waals surface area contributed by atoms with Crippen LogP contribution in [0.4, 0.5) is 9.80 Å². The highest BCUT2D eigenvalue weighted by molar-refractivity contribution is 7.20. The number of hydrogen-bond donors (Lipinski definition) is 4. The van der Waals surface area contributed by atoms with Crippen molar-refractivity contribution in [3.05, 3.63) is 35.9 Å². The van der Waals surface area contributed by atoms with Crippen molar-refractivity contribution in [3.63, 3.8) is 0 Å². The molecule has 0 bridgehead atoms. The number of anilines is 1. The Morgan fingerprint density at radius 2 is 1.81 bits per heavy atom. The number of ether oxygens (including phenoxy) is 2. The first-order chi connectivity index (χ1) is 17.2. The van der Waals surface area contributed by atoms with Crippen molar-refractivity contribution in [2.75, 3.05) is 18.5 Å². The number of primary amides is 2. The van der Waals surface area contributed by atoms with E-state index in [4.69, 9.17) is 20.9 Å². The summed E-state index contributed by atoms with van der Waals surface area (Å²) in [7, 11) is 0. The van der Waals surface area contributed by atoms with Gasteiger partial charge in [-0.1, -0.05) is 13.8 Å². The second kappa shape index (κ2) is 13.3. The van der Waals surface area contributed by atoms with Crippen LogP contribution >= 0.6 is 11.3 Å². The van der Waals surface area contributed by atoms with Crippen LogP contribution in [0.5, 0.6) is 5.75 Å². The van der Waals surface area contributed by atoms with Crippen LogP contribution in [-0.2, 0) is 9.53 Å². The molecule has 1 aliphatic carbocycles. The first-order valence-corrected chi connectivity index (χ1v) is 13.2. The lowest BCUT2D eigenvalue weighted by Crippen LogP contribution is -2.41. The average molecular weight is 517 g/mol. The fourth-order valence-electron chi connectivity index (χ4n) is 4.16. The molecule has 10 heteroatoms. The van der Waals surface area contributed by atoms with E-state index in [2.05, 4.69) is 24.5 Å². The Morgan fingerprint density at radius 3 is 2.42 bits per heavy atom. The third-order valence-electron chi connectivity index (χ3n) is 5.93. The van der Waals surface area contributed by atoms with E-state index in [-0.39, 0.29) is 23.7 Å². The first kappa shape index (κ1) is 27.5. The molecular weight excluding hydrogens is 480 g/mol. The zero-order valence-electron chi connectivity index (χ0n) is 20.9. The summed E-state index contributed by atoms with van der Waals surface area (Å²) in [5.41, 5.74) is 11.6. The summed E-state index contributed by atoms with van der Waals surface area (Å²) in [5, 5.41) is 6.10. The molecule has 0 spiro atoms. The molecule has 1 aliphatic rings. The highest BCUT2D eigenvalue weighted by Gasteiger charge is 2.25. The molecule has 1 fully saturated rings. The topological polar surface area (TPSA) is 146 Å². The van der Waals surface area contributed by atoms with Gasteiger partial charge in [0.1, 0.15) is 22.9 Å². The van der Waals surface area contributed by atoms with Crippen LogP contribution in [0.3, 0.4) is 0 Å². The van der Waals surface area contributed by atoms with Crippen LogP contribution in [-0.4, -0.2) is 43.2 Å². The normalized spacial score (nSPS) is 14.5. The van der Waals surface area contributed by atoms with Crippen molar-refractivity contribution in [2.45, 2.75) is 64.5 Å². The Morgan fingerprint density at radius 1 is 1.11 bits per heavy atom. The summed E-state index contributed by atoms with van der Waals surface area (Å²) in [5.74, 6) is 0.311. The monoisotopic (exact) mass is 516 g/mol. The van der Waals surface area contributed by atoms with E-state index in [9.17, 15) is 14.4 Å². The zero-order valence-corrected chi connectivity index (χ0v) is 21.7. The van der Waals surface area contributed by atoms with Crippen molar-refractivity contribution in [3.8, 4) is 16.2 Å². The summed E-state index contributed by atoms with van der Waals surface area (Å²) < 4.78 is 11.6. The molecule has 3 amide bonds. The first-order valence-electron chi connectivity index (χ1n) is 12.4. The molecule has 36 heavy (non-hydrogen) atoms. The fourth-order valence-corrected chi connectivity index (χ4v) is 5.23. The Kier molecular flexibility index (Phi) is 10.1. The number of thiophene rings is 1. The van der Waals surface area contributed by atoms with Gasteiger partial charge in [-0.3, -0.25) is 14.9 Å². The van der Waals surface area contributed by atoms with Crippen molar-refractivity contribution in [1.82, 2.24) is 5.32 Å². The molecule has 9 nitrogen and oxygen atoms in total. The zero-order chi connectivity index (χ0) is 26.1. The summed E-state index contributed by atoms with van der Waals surface area (Å²) in [6.45, 7) is 5.35. The van der Waals surface area contributed by atoms with Gasteiger partial charge in [0.15, 0.2) is 0 Å². The van der Waals surface area contributed by atoms with Gasteiger partial charge < -0.3 is 26.3 Å². The Labute approximate surface area is 215 Å². The number of nitrogens with one attached hydrogen (secondary N) is 2. The van der Waals surface area contributed by atoms with Gasteiger partial charge in [0.05, 0.1) is 12.2 Å². The Bertz CT molecular complexity index is 1030. The predicted molar refractivity (Wildman–Crippen MR) is 141 cm³/mol. The third kappa shape index (κ3) is 8.23. The minimum Gasteiger partial charge on any atom is -0.494 e. The van der Waals surface area contributed by atoms with E-state index in [0.29, 0.717) is 29.8 Å². The summed E-state index contributed by atoms with van der Waals surface area (Å²) in [6, 6.07) is 8.00. The molecule has 3 rings (SSSR count). The van der Waals surface area contributed by atoms with Gasteiger partial charge in [0.2, 0.25) is 0 Å². The van der Waals surface area contributed by atoms with Gasteiger partial charge >= 0.3 is 12.0 Å². The second-order valence-corrected chi connectivity index (χ2v) is 10.5. The minimum atomic E-state index is -0.759. The SMILES string of the molecule is CC(C)C[C@H](NCCCOc1ccc(-c2cc(C(N)=O)c(NC(N)=O)s2)cc1)C(=O)OC1CCCC1. The lowest BCUT2D eigenvalue weighted by atomic mass is 10.0. The van der Waals surface area contributed by atoms with Gasteiger partial charge in [0, 0.05) is 4.88 Å². The second-order valence-electron chi connectivity index (χ2n) is 9.41. The molecule has 0 saturated heterocycles. The van der Waals surface area contributed by atoms with Crippen LogP contribution in [0.2, 0.25) is 0 Å². The molecule has 2 aromatic rings. The summed E-state index contributed by atoms with van der Waals surface area (Å²) in [6.07, 6.45) is 5.76. The number of hydrogen-bond acceptors (Lipinski definition) is 7. The Hall–Kier alpha value is -3.11. The molecular formula is C26H36N4O5S. The van der Waals surface area contributed by atoms with Crippen molar-refractivity contribution < 1.29 is 23.9 Å². The van der Waals surface area contributed by atoms with Crippen LogP contribution in [0.25, 0.3) is 10.4 Å². The molecule has 0 unspecified atom stereocenters. The van der Waals surface area contributed by atoms with Crippen molar-refractivity contribution >= 4 is 34.2 Å². The van der Waals surface area contributed by atoms with Gasteiger partial charge in [0.25, 0.3) is 5.91 Å². The summed E-state index contributed by atoms with van der Waals surface area (Å²) >= 11 is 1.22. The number of benzene rings is 1. The van der Waals surface area contributed by atoms with Crippen LogP contribution in [0.15, 0.2) is 30.3 Å². The lowest BCUT2D eigenvalue weighted by Gasteiger charge is -2.21. The number of amides is 3. The molecule has 1 atom stereocenters. The van der Waals surface area contributed by atoms with Gasteiger partial charge in [-0.05, 0) is 86.9 Å². The number of rotatable bonds is 13. The maximum absolute atomic E-state index is 12.6. The highest BCUT2D eigenvalue weighted by Crippen LogP contribution is 2.36. The highest BCUT2D eigenvalue weighted by atomic mass is 32.1. The third-order valence-corrected chi connectivity index (χ3v) is 7.03. The number of nitrogens with two attached hydrogens (primary N) is 2. The van der Waals surface area contributed by atoms with Gasteiger partial charge in [-0.15, -0.1) is 11.3 Å². The molecule has 1 aromatic heterocycles. The molecule has 1 saturated carbocycles. The fraction of sp³-hybridized carbons (Fsp3) is 0.500. The van der Waals surface area contributed by atoms with Crippen molar-refractivity contribution in [1.29, 1.82) is 0 Å². The van der Waals surface area contributed by atoms with E-state index >= 15 is 0 Å². The maximum Gasteiger partial charge on any atom is 0.323 e. The average Bonchev–Trinajstić information content (AvgIpc) is 3.48. The van der Waals surface area contributed by atoms with Crippen LogP contribution in [0, 0.1) is 5.92 Å². The smallest absolute Gasteiger partial charge is 0.323 e. The largest absolute Gasteiger partial charge is 0.494 e. The molecule has 6 N–H and O–H groups in total. The van der Waals surface area contributed by atoms with Crippen molar-refractivity contribution in [2.24, 2.45) is 17.4 Å². The van der Waals surface area contributed by atoms with E-state index in [0.717, 1.165) is 49.0 Å². The summed E-state index contributed by atoms with van der Waals surface area (Å²) in [4.78, 5) is 36.2. The quantitative estimate of drug-likeness (QED) is 0.231. The van der Waals surface area contributed by atoms with Gasteiger partial charge in [-0.2, -0.15) is 0 Å². The standard InChI is InChI=1S/C26H36N4O5S/c1-16(2)14-21(25(32)35-19-6-3-4-7-19)29-12-5-13-34-18-10-8-17(9-11-18)22-15-20(23(27)31)24(36-22)30-26(28)33/h8-11,15-16,19,21,29H,3-7,12-14H2,1-2H3,(H2,27,31)(H3,28,30,33)/t21-/m0/s1.